The number of ether oxygens (including phenoxy) is 1. The molecule has 0 spiro atoms. The fourth-order valence-electron chi connectivity index (χ4n) is 4.42. The molecule has 2 saturated heterocycles. The van der Waals surface area contributed by atoms with Crippen LogP contribution in [-0.2, 0) is 23.9 Å². The second-order valence-corrected chi connectivity index (χ2v) is 10.5. The number of thioether (sulfide) groups is 1. The second-order valence-electron chi connectivity index (χ2n) is 9.27. The van der Waals surface area contributed by atoms with Crippen LogP contribution in [-0.4, -0.2) is 92.0 Å². The quantitative estimate of drug-likeness (QED) is 0.206. The molecular formula is C23H41N5O5S. The van der Waals surface area contributed by atoms with Crippen LogP contribution in [0.4, 0.5) is 0 Å². The van der Waals surface area contributed by atoms with E-state index in [0.29, 0.717) is 69.0 Å². The number of nitrogens with one attached hydrogen (secondary N) is 3. The number of hydrogen-bond donors (Lipinski definition) is 4. The second kappa shape index (κ2) is 15.2. The first kappa shape index (κ1) is 28.4. The Morgan fingerprint density at radius 1 is 1.24 bits per heavy atom. The minimum Gasteiger partial charge on any atom is -0.383 e. The highest BCUT2D eigenvalue weighted by Crippen LogP contribution is 2.39. The minimum atomic E-state index is -0.711. The van der Waals surface area contributed by atoms with Gasteiger partial charge in [0.25, 0.3) is 0 Å². The van der Waals surface area contributed by atoms with Gasteiger partial charge >= 0.3 is 0 Å². The van der Waals surface area contributed by atoms with Gasteiger partial charge < -0.3 is 26.4 Å². The summed E-state index contributed by atoms with van der Waals surface area (Å²) in [5, 5.41) is 9.18. The molecule has 5 N–H and O–H groups in total. The monoisotopic (exact) mass is 499 g/mol. The summed E-state index contributed by atoms with van der Waals surface area (Å²) in [5.41, 5.74) is 5.43. The van der Waals surface area contributed by atoms with Gasteiger partial charge in [0.15, 0.2) is 0 Å². The molecule has 2 aliphatic rings. The number of primary amides is 1. The summed E-state index contributed by atoms with van der Waals surface area (Å²) >= 11 is 1.95. The number of carbonyl (C=O) groups excluding carboxylic acids is 4. The first-order valence-electron chi connectivity index (χ1n) is 12.2. The molecule has 0 aromatic heterocycles. The largest absolute Gasteiger partial charge is 0.383 e. The van der Waals surface area contributed by atoms with Crippen molar-refractivity contribution in [2.24, 2.45) is 11.7 Å². The Kier molecular flexibility index (Phi) is 12.7. The third kappa shape index (κ3) is 10.2. The lowest BCUT2D eigenvalue weighted by Gasteiger charge is -2.19. The van der Waals surface area contributed by atoms with Crippen molar-refractivity contribution in [3.05, 3.63) is 0 Å². The Morgan fingerprint density at radius 2 is 2.03 bits per heavy atom. The van der Waals surface area contributed by atoms with E-state index in [-0.39, 0.29) is 24.3 Å². The normalized spacial score (nSPS) is 22.3. The predicted octanol–water partition coefficient (Wildman–Crippen LogP) is 0.00170. The van der Waals surface area contributed by atoms with Crippen LogP contribution in [0.3, 0.4) is 0 Å². The van der Waals surface area contributed by atoms with Crippen molar-refractivity contribution >= 4 is 35.4 Å². The molecule has 11 heteroatoms. The van der Waals surface area contributed by atoms with Gasteiger partial charge in [-0.1, -0.05) is 6.42 Å². The molecule has 0 radical (unpaired) electrons. The highest BCUT2D eigenvalue weighted by atomic mass is 32.2. The zero-order valence-electron chi connectivity index (χ0n) is 20.5. The molecule has 0 aliphatic carbocycles. The smallest absolute Gasteiger partial charge is 0.240 e. The number of rotatable bonds is 17. The lowest BCUT2D eigenvalue weighted by Crippen LogP contribution is -2.47. The van der Waals surface area contributed by atoms with Crippen molar-refractivity contribution in [1.29, 1.82) is 0 Å². The number of likely N-dealkylation sites (N-methyl/N-ethyl adjacent to an activating group) is 1. The van der Waals surface area contributed by atoms with Crippen LogP contribution in [0.5, 0.6) is 0 Å². The lowest BCUT2D eigenvalue weighted by molar-refractivity contribution is -0.128. The SMILES string of the molecule is COCCN(C)CC(=O)N[C@@H](CCCCNC(=O)CCCCC1SC[C@@H]2CC(=O)N[C@H]12)C(N)=O. The molecule has 4 amide bonds. The zero-order chi connectivity index (χ0) is 24.9. The molecule has 2 fully saturated rings. The van der Waals surface area contributed by atoms with Gasteiger partial charge in [0.2, 0.25) is 23.6 Å². The van der Waals surface area contributed by atoms with Crippen molar-refractivity contribution in [3.63, 3.8) is 0 Å². The first-order valence-corrected chi connectivity index (χ1v) is 13.3. The van der Waals surface area contributed by atoms with Crippen molar-refractivity contribution in [2.45, 2.75) is 68.7 Å². The standard InChI is InChI=1S/C23H41N5O5S/c1-28(11-12-33-2)14-21(31)26-17(23(24)32)7-5-6-10-25-19(29)9-4-3-8-18-22-16(15-34-18)13-20(30)27-22/h16-18,22H,3-15H2,1-2H3,(H2,24,32)(H,25,29)(H,26,31)(H,27,30)/t16-,17-,18?,22-/m0/s1. The highest BCUT2D eigenvalue weighted by Gasteiger charge is 2.42. The molecular weight excluding hydrogens is 458 g/mol. The van der Waals surface area contributed by atoms with E-state index in [1.807, 2.05) is 16.7 Å². The third-order valence-electron chi connectivity index (χ3n) is 6.36. The molecule has 0 saturated carbocycles. The van der Waals surface area contributed by atoms with E-state index in [1.54, 1.807) is 14.2 Å². The molecule has 2 heterocycles. The van der Waals surface area contributed by atoms with Gasteiger partial charge in [-0.05, 0) is 50.8 Å². The summed E-state index contributed by atoms with van der Waals surface area (Å²) in [6.45, 7) is 1.84. The third-order valence-corrected chi connectivity index (χ3v) is 7.94. The fourth-order valence-corrected chi connectivity index (χ4v) is 6.07. The van der Waals surface area contributed by atoms with Gasteiger partial charge in [-0.25, -0.2) is 0 Å². The maximum atomic E-state index is 12.1. The zero-order valence-corrected chi connectivity index (χ0v) is 21.3. The summed E-state index contributed by atoms with van der Waals surface area (Å²) in [5.74, 6) is 0.939. The summed E-state index contributed by atoms with van der Waals surface area (Å²) in [7, 11) is 3.40. The minimum absolute atomic E-state index is 0.0324. The van der Waals surface area contributed by atoms with E-state index in [4.69, 9.17) is 10.5 Å². The van der Waals surface area contributed by atoms with Gasteiger partial charge in [-0.3, -0.25) is 24.1 Å². The number of fused-ring (bicyclic) bond motifs is 1. The molecule has 0 aromatic rings. The topological polar surface area (TPSA) is 143 Å². The fraction of sp³-hybridized carbons (Fsp3) is 0.826. The van der Waals surface area contributed by atoms with E-state index in [9.17, 15) is 19.2 Å². The summed E-state index contributed by atoms with van der Waals surface area (Å²) in [6.07, 6.45) is 5.82. The Bertz CT molecular complexity index is 695. The average Bonchev–Trinajstić information content (AvgIpc) is 3.33. The van der Waals surface area contributed by atoms with Crippen molar-refractivity contribution in [1.82, 2.24) is 20.9 Å². The molecule has 10 nitrogen and oxygen atoms in total. The molecule has 2 rings (SSSR count). The predicted molar refractivity (Wildman–Crippen MR) is 132 cm³/mol. The molecule has 2 aliphatic heterocycles. The van der Waals surface area contributed by atoms with E-state index in [1.165, 1.54) is 0 Å². The van der Waals surface area contributed by atoms with E-state index in [0.717, 1.165) is 25.0 Å². The van der Waals surface area contributed by atoms with Crippen LogP contribution in [0.25, 0.3) is 0 Å². The van der Waals surface area contributed by atoms with E-state index >= 15 is 0 Å². The van der Waals surface area contributed by atoms with Crippen LogP contribution < -0.4 is 21.7 Å². The van der Waals surface area contributed by atoms with Crippen LogP contribution in [0.1, 0.15) is 51.4 Å². The number of hydrogen-bond acceptors (Lipinski definition) is 7. The number of nitrogens with two attached hydrogens (primary N) is 1. The Labute approximate surface area is 206 Å². The molecule has 194 valence electrons. The number of unbranched alkanes of at least 4 members (excludes halogenated alkanes) is 2. The molecule has 4 atom stereocenters. The Balaban J connectivity index is 1.51. The maximum Gasteiger partial charge on any atom is 0.240 e. The summed E-state index contributed by atoms with van der Waals surface area (Å²) in [4.78, 5) is 49.2. The number of carbonyl (C=O) groups is 4. The van der Waals surface area contributed by atoms with Gasteiger partial charge in [-0.2, -0.15) is 11.8 Å². The van der Waals surface area contributed by atoms with Crippen molar-refractivity contribution < 1.29 is 23.9 Å². The lowest BCUT2D eigenvalue weighted by atomic mass is 9.97. The summed E-state index contributed by atoms with van der Waals surface area (Å²) < 4.78 is 4.98. The Hall–Kier alpha value is -1.85. The van der Waals surface area contributed by atoms with Gasteiger partial charge in [0.1, 0.15) is 6.04 Å². The molecule has 1 unspecified atom stereocenters. The highest BCUT2D eigenvalue weighted by molar-refractivity contribution is 8.00. The van der Waals surface area contributed by atoms with E-state index in [2.05, 4.69) is 16.0 Å². The van der Waals surface area contributed by atoms with E-state index < -0.39 is 11.9 Å². The van der Waals surface area contributed by atoms with Crippen molar-refractivity contribution in [2.75, 3.05) is 46.2 Å². The Morgan fingerprint density at radius 3 is 2.76 bits per heavy atom. The molecule has 34 heavy (non-hydrogen) atoms. The van der Waals surface area contributed by atoms with Gasteiger partial charge in [0.05, 0.1) is 13.2 Å². The van der Waals surface area contributed by atoms with Crippen LogP contribution in [0, 0.1) is 5.92 Å². The average molecular weight is 500 g/mol. The molecule has 0 bridgehead atoms. The molecule has 0 aromatic carbocycles. The van der Waals surface area contributed by atoms with Crippen LogP contribution in [0.15, 0.2) is 0 Å². The number of methoxy groups -OCH3 is 1. The number of nitrogens with zero attached hydrogens (tertiary/aromatic N) is 1. The number of amides is 4. The van der Waals surface area contributed by atoms with Crippen LogP contribution in [0.2, 0.25) is 0 Å². The van der Waals surface area contributed by atoms with Crippen molar-refractivity contribution in [3.8, 4) is 0 Å². The maximum absolute atomic E-state index is 12.1. The van der Waals surface area contributed by atoms with Gasteiger partial charge in [0, 0.05) is 44.3 Å². The van der Waals surface area contributed by atoms with Gasteiger partial charge in [-0.15, -0.1) is 0 Å². The first-order chi connectivity index (χ1) is 16.3. The van der Waals surface area contributed by atoms with Crippen LogP contribution >= 0.6 is 11.8 Å². The summed E-state index contributed by atoms with van der Waals surface area (Å²) in [6, 6.07) is -0.395.